The van der Waals surface area contributed by atoms with Gasteiger partial charge in [-0.3, -0.25) is 10.1 Å². The average Bonchev–Trinajstić information content (AvgIpc) is 2.65. The molecule has 0 amide bonds. The average molecular weight is 355 g/mol. The topological polar surface area (TPSA) is 125 Å². The monoisotopic (exact) mass is 355 g/mol. The molecule has 0 unspecified atom stereocenters. The van der Waals surface area contributed by atoms with Crippen LogP contribution in [-0.4, -0.2) is 29.1 Å². The zero-order valence-electron chi connectivity index (χ0n) is 14.2. The molecule has 0 spiro atoms. The van der Waals surface area contributed by atoms with Gasteiger partial charge in [-0.1, -0.05) is 12.1 Å². The molecule has 3 rings (SSSR count). The molecule has 0 radical (unpaired) electrons. The van der Waals surface area contributed by atoms with Crippen LogP contribution in [0.15, 0.2) is 36.4 Å². The Morgan fingerprint density at radius 2 is 1.88 bits per heavy atom. The van der Waals surface area contributed by atoms with Gasteiger partial charge in [0.2, 0.25) is 5.95 Å². The van der Waals surface area contributed by atoms with Gasteiger partial charge < -0.3 is 20.5 Å². The molecule has 3 aromatic rings. The van der Waals surface area contributed by atoms with Gasteiger partial charge in [-0.25, -0.2) is 4.98 Å². The van der Waals surface area contributed by atoms with Crippen LogP contribution in [0.4, 0.5) is 17.5 Å². The number of nitro groups is 1. The lowest BCUT2D eigenvalue weighted by Gasteiger charge is -2.11. The number of methoxy groups -OCH3 is 2. The summed E-state index contributed by atoms with van der Waals surface area (Å²) in [6.45, 7) is 0.319. The summed E-state index contributed by atoms with van der Waals surface area (Å²) >= 11 is 0. The normalized spacial score (nSPS) is 10.5. The van der Waals surface area contributed by atoms with Crippen molar-refractivity contribution in [2.24, 2.45) is 0 Å². The van der Waals surface area contributed by atoms with E-state index in [0.717, 1.165) is 5.56 Å². The smallest absolute Gasteiger partial charge is 0.269 e. The summed E-state index contributed by atoms with van der Waals surface area (Å²) in [6.07, 6.45) is 0. The zero-order chi connectivity index (χ0) is 18.7. The molecule has 0 fully saturated rings. The second kappa shape index (κ2) is 7.09. The van der Waals surface area contributed by atoms with E-state index >= 15 is 0 Å². The number of non-ortho nitro benzene ring substituents is 1. The number of anilines is 2. The van der Waals surface area contributed by atoms with Gasteiger partial charge in [0.1, 0.15) is 5.82 Å². The maximum absolute atomic E-state index is 10.9. The summed E-state index contributed by atoms with van der Waals surface area (Å²) in [7, 11) is 3.07. The van der Waals surface area contributed by atoms with E-state index in [0.29, 0.717) is 34.9 Å². The molecule has 26 heavy (non-hydrogen) atoms. The third-order valence-corrected chi connectivity index (χ3v) is 3.80. The van der Waals surface area contributed by atoms with Crippen LogP contribution in [-0.2, 0) is 6.54 Å². The molecule has 0 saturated heterocycles. The summed E-state index contributed by atoms with van der Waals surface area (Å²) in [5, 5.41) is 14.5. The highest BCUT2D eigenvalue weighted by molar-refractivity contribution is 5.91. The lowest BCUT2D eigenvalue weighted by Crippen LogP contribution is -2.06. The van der Waals surface area contributed by atoms with Crippen LogP contribution in [0.5, 0.6) is 11.5 Å². The summed E-state index contributed by atoms with van der Waals surface area (Å²) in [6, 6.07) is 9.76. The fraction of sp³-hybridized carbons (Fsp3) is 0.176. The fourth-order valence-corrected chi connectivity index (χ4v) is 2.52. The van der Waals surface area contributed by atoms with Crippen molar-refractivity contribution in [3.63, 3.8) is 0 Å². The van der Waals surface area contributed by atoms with Crippen molar-refractivity contribution in [3.05, 3.63) is 52.1 Å². The number of nitro benzene ring substituents is 1. The highest BCUT2D eigenvalue weighted by Crippen LogP contribution is 2.33. The highest BCUT2D eigenvalue weighted by atomic mass is 16.6. The van der Waals surface area contributed by atoms with Crippen molar-refractivity contribution in [3.8, 4) is 11.5 Å². The highest BCUT2D eigenvalue weighted by Gasteiger charge is 2.12. The number of nitrogens with two attached hydrogens (primary N) is 1. The summed E-state index contributed by atoms with van der Waals surface area (Å²) in [4.78, 5) is 19.1. The fourth-order valence-electron chi connectivity index (χ4n) is 2.52. The van der Waals surface area contributed by atoms with Crippen LogP contribution in [0.1, 0.15) is 5.56 Å². The van der Waals surface area contributed by atoms with Crippen molar-refractivity contribution in [2.75, 3.05) is 25.3 Å². The van der Waals surface area contributed by atoms with Crippen LogP contribution in [0.25, 0.3) is 10.9 Å². The second-order valence-corrected chi connectivity index (χ2v) is 5.44. The molecule has 9 heteroatoms. The van der Waals surface area contributed by atoms with Crippen LogP contribution in [0, 0.1) is 10.1 Å². The quantitative estimate of drug-likeness (QED) is 0.511. The van der Waals surface area contributed by atoms with E-state index in [4.69, 9.17) is 15.2 Å². The first-order chi connectivity index (χ1) is 12.5. The lowest BCUT2D eigenvalue weighted by atomic mass is 10.2. The maximum atomic E-state index is 10.9. The van der Waals surface area contributed by atoms with Crippen molar-refractivity contribution < 1.29 is 14.4 Å². The number of nitrogens with one attached hydrogen (secondary N) is 1. The number of benzene rings is 2. The number of nitrogen functional groups attached to an aromatic ring is 1. The van der Waals surface area contributed by atoms with Gasteiger partial charge in [-0.05, 0) is 11.6 Å². The third kappa shape index (κ3) is 3.41. The molecule has 9 nitrogen and oxygen atoms in total. The Labute approximate surface area is 148 Å². The van der Waals surface area contributed by atoms with E-state index in [-0.39, 0.29) is 11.5 Å². The minimum absolute atomic E-state index is 0.0278. The Bertz CT molecular complexity index is 977. The zero-order valence-corrected chi connectivity index (χ0v) is 14.2. The molecular weight excluding hydrogens is 338 g/mol. The predicted molar refractivity (Wildman–Crippen MR) is 97.5 cm³/mol. The summed E-state index contributed by atoms with van der Waals surface area (Å²) < 4.78 is 10.5. The Morgan fingerprint density at radius 3 is 2.58 bits per heavy atom. The standard InChI is InChI=1S/C17H17N5O4/c1-25-14-7-12-13(8-15(14)26-2)20-17(21-16(12)18)19-9-10-4-3-5-11(6-10)22(23)24/h3-8H,9H2,1-2H3,(H3,18,19,20,21). The van der Waals surface area contributed by atoms with E-state index in [1.807, 2.05) is 0 Å². The van der Waals surface area contributed by atoms with Gasteiger partial charge >= 0.3 is 0 Å². The maximum Gasteiger partial charge on any atom is 0.269 e. The number of hydrogen-bond donors (Lipinski definition) is 2. The first-order valence-corrected chi connectivity index (χ1v) is 7.68. The minimum atomic E-state index is -0.437. The summed E-state index contributed by atoms with van der Waals surface area (Å²) in [5.74, 6) is 1.67. The van der Waals surface area contributed by atoms with Gasteiger partial charge in [-0.2, -0.15) is 4.98 Å². The van der Waals surface area contributed by atoms with Crippen molar-refractivity contribution in [1.82, 2.24) is 9.97 Å². The molecule has 0 aliphatic heterocycles. The van der Waals surface area contributed by atoms with Gasteiger partial charge in [0.25, 0.3) is 5.69 Å². The molecule has 0 saturated carbocycles. The van der Waals surface area contributed by atoms with E-state index in [2.05, 4.69) is 15.3 Å². The molecule has 134 valence electrons. The lowest BCUT2D eigenvalue weighted by molar-refractivity contribution is -0.384. The summed E-state index contributed by atoms with van der Waals surface area (Å²) in [5.41, 5.74) is 7.38. The van der Waals surface area contributed by atoms with Crippen LogP contribution < -0.4 is 20.5 Å². The molecular formula is C17H17N5O4. The number of nitrogens with zero attached hydrogens (tertiary/aromatic N) is 3. The Balaban J connectivity index is 1.89. The SMILES string of the molecule is COc1cc2nc(NCc3cccc([N+](=O)[O-])c3)nc(N)c2cc1OC. The number of fused-ring (bicyclic) bond motifs is 1. The number of rotatable bonds is 6. The van der Waals surface area contributed by atoms with E-state index in [1.165, 1.54) is 26.4 Å². The van der Waals surface area contributed by atoms with Gasteiger partial charge in [0.05, 0.1) is 24.7 Å². The van der Waals surface area contributed by atoms with Crippen molar-refractivity contribution >= 4 is 28.4 Å². The van der Waals surface area contributed by atoms with E-state index in [1.54, 1.807) is 24.3 Å². The van der Waals surface area contributed by atoms with Gasteiger partial charge in [0, 0.05) is 30.1 Å². The first-order valence-electron chi connectivity index (χ1n) is 7.68. The number of ether oxygens (including phenoxy) is 2. The molecule has 1 heterocycles. The number of hydrogen-bond acceptors (Lipinski definition) is 8. The first kappa shape index (κ1) is 17.2. The molecule has 3 N–H and O–H groups in total. The predicted octanol–water partition coefficient (Wildman–Crippen LogP) is 2.75. The van der Waals surface area contributed by atoms with Crippen LogP contribution >= 0.6 is 0 Å². The molecule has 0 atom stereocenters. The van der Waals surface area contributed by atoms with Crippen molar-refractivity contribution in [2.45, 2.75) is 6.54 Å². The molecule has 0 bridgehead atoms. The largest absolute Gasteiger partial charge is 0.493 e. The third-order valence-electron chi connectivity index (χ3n) is 3.80. The van der Waals surface area contributed by atoms with Crippen LogP contribution in [0.2, 0.25) is 0 Å². The van der Waals surface area contributed by atoms with E-state index < -0.39 is 4.92 Å². The molecule has 2 aromatic carbocycles. The van der Waals surface area contributed by atoms with Gasteiger partial charge in [-0.15, -0.1) is 0 Å². The second-order valence-electron chi connectivity index (χ2n) is 5.44. The Morgan fingerprint density at radius 1 is 1.15 bits per heavy atom. The van der Waals surface area contributed by atoms with Gasteiger partial charge in [0.15, 0.2) is 11.5 Å². The Kier molecular flexibility index (Phi) is 4.70. The minimum Gasteiger partial charge on any atom is -0.493 e. The molecule has 0 aliphatic rings. The molecule has 0 aliphatic carbocycles. The van der Waals surface area contributed by atoms with E-state index in [9.17, 15) is 10.1 Å². The van der Waals surface area contributed by atoms with Crippen LogP contribution in [0.3, 0.4) is 0 Å². The van der Waals surface area contributed by atoms with Crippen molar-refractivity contribution in [1.29, 1.82) is 0 Å². The number of aromatic nitrogens is 2. The Hall–Kier alpha value is -3.62. The molecule has 1 aromatic heterocycles.